The van der Waals surface area contributed by atoms with Gasteiger partial charge in [-0.25, -0.2) is 0 Å². The highest BCUT2D eigenvalue weighted by atomic mass is 35.5. The molecule has 1 saturated carbocycles. The van der Waals surface area contributed by atoms with Crippen molar-refractivity contribution in [1.82, 2.24) is 0 Å². The highest BCUT2D eigenvalue weighted by molar-refractivity contribution is 7.14. The summed E-state index contributed by atoms with van der Waals surface area (Å²) in [5.41, 5.74) is 0.584. The molecule has 82 valence electrons. The molecular weight excluding hydrogens is 232 g/mol. The number of halogens is 1. The molecule has 1 aromatic heterocycles. The third-order valence-electron chi connectivity index (χ3n) is 3.97. The van der Waals surface area contributed by atoms with Gasteiger partial charge in [-0.3, -0.25) is 4.79 Å². The van der Waals surface area contributed by atoms with Crippen LogP contribution in [0.4, 0.5) is 0 Å². The van der Waals surface area contributed by atoms with E-state index in [0.29, 0.717) is 0 Å². The minimum absolute atomic E-state index is 0.191. The number of aliphatic carboxylic acids is 1. The van der Waals surface area contributed by atoms with Gasteiger partial charge in [0.05, 0.1) is 10.3 Å². The van der Waals surface area contributed by atoms with E-state index in [-0.39, 0.29) is 16.7 Å². The molecule has 2 nitrogen and oxygen atoms in total. The number of hydrogen-bond donors (Lipinski definition) is 1. The Balaban J connectivity index is 2.42. The van der Waals surface area contributed by atoms with Crippen LogP contribution in [0, 0.1) is 11.3 Å². The Morgan fingerprint density at radius 3 is 2.47 bits per heavy atom. The maximum Gasteiger partial charge on any atom is 0.307 e. The van der Waals surface area contributed by atoms with Crippen molar-refractivity contribution in [1.29, 1.82) is 0 Å². The molecule has 1 heterocycles. The average Bonchev–Trinajstić information content (AvgIpc) is 2.45. The van der Waals surface area contributed by atoms with Crippen LogP contribution in [-0.4, -0.2) is 11.1 Å². The highest BCUT2D eigenvalue weighted by Gasteiger charge is 2.72. The van der Waals surface area contributed by atoms with E-state index in [1.165, 1.54) is 11.3 Å². The van der Waals surface area contributed by atoms with Crippen LogP contribution in [0.15, 0.2) is 11.4 Å². The van der Waals surface area contributed by atoms with Crippen molar-refractivity contribution in [3.8, 4) is 0 Å². The highest BCUT2D eigenvalue weighted by Crippen LogP contribution is 2.69. The first kappa shape index (κ1) is 11.0. The second-order valence-corrected chi connectivity index (χ2v) is 6.38. The van der Waals surface area contributed by atoms with Crippen molar-refractivity contribution in [2.24, 2.45) is 11.3 Å². The first-order valence-electron chi connectivity index (χ1n) is 4.79. The Kier molecular flexibility index (Phi) is 2.18. The standard InChI is InChI=1S/C11H13ClO2S/c1-10(2)8(9(13)14)11(10,3)6-4-7(12)15-5-6/h4-5,8H,1-3H3,(H,13,14). The van der Waals surface area contributed by atoms with Crippen LogP contribution in [0.3, 0.4) is 0 Å². The molecule has 4 heteroatoms. The van der Waals surface area contributed by atoms with Gasteiger partial charge in [0.2, 0.25) is 0 Å². The predicted molar refractivity (Wildman–Crippen MR) is 61.6 cm³/mol. The fourth-order valence-corrected chi connectivity index (χ4v) is 3.66. The Bertz CT molecular complexity index is 424. The molecular formula is C11H13ClO2S. The third kappa shape index (κ3) is 1.26. The molecule has 2 unspecified atom stereocenters. The lowest BCUT2D eigenvalue weighted by molar-refractivity contribution is -0.139. The van der Waals surface area contributed by atoms with Crippen molar-refractivity contribution in [3.63, 3.8) is 0 Å². The summed E-state index contributed by atoms with van der Waals surface area (Å²) in [6, 6.07) is 1.89. The van der Waals surface area contributed by atoms with Gasteiger partial charge < -0.3 is 5.11 Å². The minimum Gasteiger partial charge on any atom is -0.481 e. The largest absolute Gasteiger partial charge is 0.481 e. The maximum absolute atomic E-state index is 11.1. The van der Waals surface area contributed by atoms with Gasteiger partial charge in [0.15, 0.2) is 0 Å². The van der Waals surface area contributed by atoms with Gasteiger partial charge in [-0.1, -0.05) is 32.4 Å². The second kappa shape index (κ2) is 2.98. The lowest BCUT2D eigenvalue weighted by Crippen LogP contribution is -2.10. The molecule has 1 N–H and O–H groups in total. The lowest BCUT2D eigenvalue weighted by atomic mass is 9.92. The van der Waals surface area contributed by atoms with Crippen molar-refractivity contribution >= 4 is 28.9 Å². The normalized spacial score (nSPS) is 32.7. The van der Waals surface area contributed by atoms with E-state index in [1.54, 1.807) is 0 Å². The molecule has 0 bridgehead atoms. The van der Waals surface area contributed by atoms with Crippen LogP contribution >= 0.6 is 22.9 Å². The van der Waals surface area contributed by atoms with Crippen molar-refractivity contribution in [2.75, 3.05) is 0 Å². The van der Waals surface area contributed by atoms with Crippen LogP contribution in [0.5, 0.6) is 0 Å². The van der Waals surface area contributed by atoms with Crippen LogP contribution in [0.1, 0.15) is 26.3 Å². The van der Waals surface area contributed by atoms with E-state index in [2.05, 4.69) is 0 Å². The summed E-state index contributed by atoms with van der Waals surface area (Å²) >= 11 is 7.34. The molecule has 15 heavy (non-hydrogen) atoms. The monoisotopic (exact) mass is 244 g/mol. The molecule has 0 aliphatic heterocycles. The van der Waals surface area contributed by atoms with Gasteiger partial charge in [-0.05, 0) is 22.4 Å². The van der Waals surface area contributed by atoms with E-state index < -0.39 is 5.97 Å². The Hall–Kier alpha value is -0.540. The van der Waals surface area contributed by atoms with Gasteiger partial charge in [0.25, 0.3) is 0 Å². The molecule has 2 atom stereocenters. The van der Waals surface area contributed by atoms with Gasteiger partial charge in [-0.15, -0.1) is 11.3 Å². The zero-order valence-corrected chi connectivity index (χ0v) is 10.4. The number of rotatable bonds is 2. The van der Waals surface area contributed by atoms with E-state index in [9.17, 15) is 4.79 Å². The zero-order valence-electron chi connectivity index (χ0n) is 8.87. The minimum atomic E-state index is -0.718. The molecule has 1 aliphatic rings. The van der Waals surface area contributed by atoms with Crippen molar-refractivity contribution in [2.45, 2.75) is 26.2 Å². The number of carboxylic acid groups (broad SMARTS) is 1. The molecule has 0 radical (unpaired) electrons. The Morgan fingerprint density at radius 1 is 1.53 bits per heavy atom. The summed E-state index contributed by atoms with van der Waals surface area (Å²) in [7, 11) is 0. The summed E-state index contributed by atoms with van der Waals surface area (Å²) in [6.45, 7) is 6.00. The molecule has 0 saturated heterocycles. The SMILES string of the molecule is CC1(C)C(C(=O)O)C1(C)c1csc(Cl)c1. The number of thiophene rings is 1. The quantitative estimate of drug-likeness (QED) is 0.866. The van der Waals surface area contributed by atoms with Gasteiger partial charge >= 0.3 is 5.97 Å². The average molecular weight is 245 g/mol. The number of hydrogen-bond acceptors (Lipinski definition) is 2. The van der Waals surface area contributed by atoms with Gasteiger partial charge in [0.1, 0.15) is 0 Å². The van der Waals surface area contributed by atoms with Gasteiger partial charge in [-0.2, -0.15) is 0 Å². The van der Waals surface area contributed by atoms with Crippen LogP contribution in [0.25, 0.3) is 0 Å². The summed E-state index contributed by atoms with van der Waals surface area (Å²) in [5.74, 6) is -1.03. The number of carbonyl (C=O) groups is 1. The summed E-state index contributed by atoms with van der Waals surface area (Å²) in [5, 5.41) is 11.1. The second-order valence-electron chi connectivity index (χ2n) is 4.83. The molecule has 2 rings (SSSR count). The first-order chi connectivity index (χ1) is 6.81. The topological polar surface area (TPSA) is 37.3 Å². The summed E-state index contributed by atoms with van der Waals surface area (Å²) < 4.78 is 0.720. The first-order valence-corrected chi connectivity index (χ1v) is 6.05. The van der Waals surface area contributed by atoms with Crippen LogP contribution < -0.4 is 0 Å². The van der Waals surface area contributed by atoms with E-state index in [1.807, 2.05) is 32.2 Å². The molecule has 1 fully saturated rings. The molecule has 0 aromatic carbocycles. The van der Waals surface area contributed by atoms with E-state index in [4.69, 9.17) is 16.7 Å². The predicted octanol–water partition coefficient (Wildman–Crippen LogP) is 3.40. The molecule has 0 spiro atoms. The Labute approximate surface area is 97.9 Å². The lowest BCUT2D eigenvalue weighted by Gasteiger charge is -2.11. The fourth-order valence-electron chi connectivity index (χ4n) is 2.66. The van der Waals surface area contributed by atoms with Crippen LogP contribution in [-0.2, 0) is 10.2 Å². The zero-order chi connectivity index (χ0) is 11.4. The fraction of sp³-hybridized carbons (Fsp3) is 0.545. The molecule has 1 aliphatic carbocycles. The number of carboxylic acids is 1. The molecule has 0 amide bonds. The van der Waals surface area contributed by atoms with Crippen LogP contribution in [0.2, 0.25) is 4.34 Å². The van der Waals surface area contributed by atoms with Crippen molar-refractivity contribution < 1.29 is 9.90 Å². The van der Waals surface area contributed by atoms with Crippen molar-refractivity contribution in [3.05, 3.63) is 21.3 Å². The smallest absolute Gasteiger partial charge is 0.307 e. The maximum atomic E-state index is 11.1. The molecule has 1 aromatic rings. The van der Waals surface area contributed by atoms with E-state index in [0.717, 1.165) is 9.90 Å². The van der Waals surface area contributed by atoms with E-state index >= 15 is 0 Å². The van der Waals surface area contributed by atoms with Gasteiger partial charge in [0, 0.05) is 5.41 Å². The summed E-state index contributed by atoms with van der Waals surface area (Å²) in [4.78, 5) is 11.1. The third-order valence-corrected chi connectivity index (χ3v) is 5.06. The Morgan fingerprint density at radius 2 is 2.13 bits per heavy atom. The summed E-state index contributed by atoms with van der Waals surface area (Å²) in [6.07, 6.45) is 0.